The molecule has 23 heavy (non-hydrogen) atoms. The molecule has 0 aliphatic rings. The maximum absolute atomic E-state index is 12.0. The van der Waals surface area contributed by atoms with E-state index in [2.05, 4.69) is 0 Å². The number of hydroxylamine groups is 1. The van der Waals surface area contributed by atoms with Crippen LogP contribution in [0.2, 0.25) is 0 Å². The summed E-state index contributed by atoms with van der Waals surface area (Å²) < 4.78 is 16.8. The van der Waals surface area contributed by atoms with E-state index in [1.165, 1.54) is 7.11 Å². The number of esters is 1. The number of nitrogens with zero attached hydrogens (tertiary/aromatic N) is 1. The second-order valence-corrected chi connectivity index (χ2v) is 7.28. The Morgan fingerprint density at radius 3 is 2.43 bits per heavy atom. The van der Waals surface area contributed by atoms with E-state index in [9.17, 15) is 9.36 Å². The molecule has 2 aromatic rings. The Labute approximate surface area is 140 Å². The molecule has 0 heterocycles. The van der Waals surface area contributed by atoms with E-state index < -0.39 is 19.3 Å². The molecule has 0 fully saturated rings. The van der Waals surface area contributed by atoms with Crippen molar-refractivity contribution in [2.75, 3.05) is 7.11 Å². The third-order valence-corrected chi connectivity index (χ3v) is 4.66. The van der Waals surface area contributed by atoms with Gasteiger partial charge in [0.15, 0.2) is 11.8 Å². The smallest absolute Gasteiger partial charge is 0.327 e. The molecular weight excluding hydrogens is 337 g/mol. The van der Waals surface area contributed by atoms with Gasteiger partial charge in [-0.3, -0.25) is 9.36 Å². The number of methoxy groups -OCH3 is 1. The highest BCUT2D eigenvalue weighted by Crippen LogP contribution is 2.39. The fraction of sp³-hybridized carbons (Fsp3) is 0.312. The van der Waals surface area contributed by atoms with E-state index in [1.807, 2.05) is 50.2 Å². The summed E-state index contributed by atoms with van der Waals surface area (Å²) in [6.45, 7) is 3.62. The number of carbonyl (C=O) groups excluding carboxylic acids is 1. The molecule has 0 spiro atoms. The number of fused-ring (bicyclic) bond motifs is 1. The molecule has 124 valence electrons. The van der Waals surface area contributed by atoms with Gasteiger partial charge in [0.1, 0.15) is 0 Å². The van der Waals surface area contributed by atoms with Crippen molar-refractivity contribution < 1.29 is 18.9 Å². The highest BCUT2D eigenvalue weighted by Gasteiger charge is 2.35. The quantitative estimate of drug-likeness (QED) is 0.440. The maximum Gasteiger partial charge on any atom is 0.327 e. The van der Waals surface area contributed by atoms with Gasteiger partial charge in [0.2, 0.25) is 0 Å². The van der Waals surface area contributed by atoms with Crippen LogP contribution in [0.5, 0.6) is 5.75 Å². The highest BCUT2D eigenvalue weighted by molar-refractivity contribution is 7.71. The molecule has 2 aromatic carbocycles. The van der Waals surface area contributed by atoms with Crippen LogP contribution >= 0.6 is 18.5 Å². The normalized spacial score (nSPS) is 14.0. The number of rotatable bonds is 6. The van der Waals surface area contributed by atoms with Crippen LogP contribution in [0.3, 0.4) is 0 Å². The van der Waals surface area contributed by atoms with E-state index in [-0.39, 0.29) is 5.92 Å². The molecule has 2 unspecified atom stereocenters. The Bertz CT molecular complexity index is 717. The fourth-order valence-electron chi connectivity index (χ4n) is 2.34. The van der Waals surface area contributed by atoms with Crippen molar-refractivity contribution >= 4 is 35.3 Å². The first-order valence-corrected chi connectivity index (χ1v) is 9.54. The first kappa shape index (κ1) is 17.8. The average molecular weight is 356 g/mol. The van der Waals surface area contributed by atoms with Gasteiger partial charge < -0.3 is 9.57 Å². The van der Waals surface area contributed by atoms with E-state index in [0.29, 0.717) is 5.75 Å². The zero-order chi connectivity index (χ0) is 17.0. The third kappa shape index (κ3) is 4.05. The molecule has 7 heteroatoms. The Kier molecular flexibility index (Phi) is 6.05. The van der Waals surface area contributed by atoms with Crippen LogP contribution in [0.4, 0.5) is 0 Å². The zero-order valence-corrected chi connectivity index (χ0v) is 14.9. The van der Waals surface area contributed by atoms with Crippen LogP contribution in [0.1, 0.15) is 13.8 Å². The minimum absolute atomic E-state index is 0.190. The van der Waals surface area contributed by atoms with Crippen LogP contribution in [0.15, 0.2) is 42.5 Å². The third-order valence-electron chi connectivity index (χ3n) is 3.45. The molecule has 0 saturated carbocycles. The van der Waals surface area contributed by atoms with Crippen molar-refractivity contribution in [2.45, 2.75) is 19.9 Å². The van der Waals surface area contributed by atoms with Crippen molar-refractivity contribution in [2.24, 2.45) is 5.92 Å². The van der Waals surface area contributed by atoms with Crippen molar-refractivity contribution in [3.63, 3.8) is 0 Å². The molecule has 0 amide bonds. The first-order chi connectivity index (χ1) is 11.0. The molecule has 0 radical (unpaired) electrons. The minimum atomic E-state index is -2.80. The van der Waals surface area contributed by atoms with Crippen LogP contribution in [0, 0.1) is 5.92 Å². The minimum Gasteiger partial charge on any atom is -0.468 e. The topological polar surface area (TPSA) is 55.8 Å². The lowest BCUT2D eigenvalue weighted by molar-refractivity contribution is -0.154. The average Bonchev–Trinajstić information content (AvgIpc) is 2.53. The molecule has 0 aliphatic heterocycles. The van der Waals surface area contributed by atoms with E-state index in [1.54, 1.807) is 6.07 Å². The van der Waals surface area contributed by atoms with Crippen LogP contribution < -0.4 is 4.84 Å². The van der Waals surface area contributed by atoms with Gasteiger partial charge in [0.25, 0.3) is 7.30 Å². The Morgan fingerprint density at radius 1 is 1.17 bits per heavy atom. The summed E-state index contributed by atoms with van der Waals surface area (Å²) >= 11 is 5.82. The molecule has 0 N–H and O–H groups in total. The van der Waals surface area contributed by atoms with Crippen LogP contribution in [-0.4, -0.2) is 24.0 Å². The van der Waals surface area contributed by atoms with Crippen molar-refractivity contribution in [1.29, 1.82) is 0 Å². The SMILES string of the molecule is COC(=O)C(C(C)C)N(Oc1cccc2ccccc12)[PH](=O)Cl. The first-order valence-electron chi connectivity index (χ1n) is 7.18. The lowest BCUT2D eigenvalue weighted by Gasteiger charge is -2.29. The van der Waals surface area contributed by atoms with E-state index in [4.69, 9.17) is 20.8 Å². The second-order valence-electron chi connectivity index (χ2n) is 5.36. The predicted octanol–water partition coefficient (Wildman–Crippen LogP) is 4.26. The standard InChI is InChI=1S/C16H19ClNO4P/c1-11(2)15(16(19)21-3)18(23(17)20)22-14-10-6-8-12-7-4-5-9-13(12)14/h4-11,15,23H,1-3H3. The lowest BCUT2D eigenvalue weighted by Crippen LogP contribution is -2.42. The largest absolute Gasteiger partial charge is 0.468 e. The molecular formula is C16H19ClNO4P. The number of hydrogen-bond acceptors (Lipinski definition) is 4. The number of halogens is 1. The summed E-state index contributed by atoms with van der Waals surface area (Å²) in [6.07, 6.45) is 0. The zero-order valence-electron chi connectivity index (χ0n) is 13.2. The van der Waals surface area contributed by atoms with Gasteiger partial charge in [-0.05, 0) is 28.6 Å². The van der Waals surface area contributed by atoms with E-state index in [0.717, 1.165) is 15.6 Å². The summed E-state index contributed by atoms with van der Waals surface area (Å²) in [4.78, 5) is 18.8. The maximum atomic E-state index is 12.0. The predicted molar refractivity (Wildman–Crippen MR) is 91.9 cm³/mol. The van der Waals surface area contributed by atoms with Gasteiger partial charge in [-0.25, -0.2) is 0 Å². The molecule has 2 atom stereocenters. The van der Waals surface area contributed by atoms with Crippen molar-refractivity contribution in [3.8, 4) is 5.75 Å². The molecule has 2 rings (SSSR count). The summed E-state index contributed by atoms with van der Waals surface area (Å²) in [5, 5.41) is 1.81. The number of ether oxygens (including phenoxy) is 1. The van der Waals surface area contributed by atoms with Gasteiger partial charge in [-0.15, -0.1) is 0 Å². The Hall–Kier alpha value is -1.55. The number of hydrogen-bond donors (Lipinski definition) is 0. The summed E-state index contributed by atoms with van der Waals surface area (Å²) in [5.74, 6) is -0.249. The van der Waals surface area contributed by atoms with Crippen molar-refractivity contribution in [1.82, 2.24) is 4.83 Å². The second kappa shape index (κ2) is 7.82. The summed E-state index contributed by atoms with van der Waals surface area (Å²) in [5.41, 5.74) is 0. The lowest BCUT2D eigenvalue weighted by atomic mass is 10.1. The monoisotopic (exact) mass is 355 g/mol. The molecule has 5 nitrogen and oxygen atoms in total. The Morgan fingerprint density at radius 2 is 1.83 bits per heavy atom. The van der Waals surface area contributed by atoms with Crippen LogP contribution in [-0.2, 0) is 14.1 Å². The van der Waals surface area contributed by atoms with Gasteiger partial charge in [-0.1, -0.05) is 55.1 Å². The molecule has 0 bridgehead atoms. The molecule has 0 aromatic heterocycles. The summed E-state index contributed by atoms with van der Waals surface area (Å²) in [6, 6.07) is 12.3. The van der Waals surface area contributed by atoms with Gasteiger partial charge in [-0.2, -0.15) is 0 Å². The van der Waals surface area contributed by atoms with Crippen molar-refractivity contribution in [3.05, 3.63) is 42.5 Å². The van der Waals surface area contributed by atoms with E-state index >= 15 is 0 Å². The fourth-order valence-corrected chi connectivity index (χ4v) is 3.55. The highest BCUT2D eigenvalue weighted by atomic mass is 35.7. The molecule has 0 aliphatic carbocycles. The van der Waals surface area contributed by atoms with Gasteiger partial charge in [0.05, 0.1) is 7.11 Å². The van der Waals surface area contributed by atoms with Gasteiger partial charge >= 0.3 is 5.97 Å². The molecule has 0 saturated heterocycles. The Balaban J connectivity index is 2.42. The number of carbonyl (C=O) groups is 1. The van der Waals surface area contributed by atoms with Gasteiger partial charge in [0, 0.05) is 5.39 Å². The number of benzene rings is 2. The summed E-state index contributed by atoms with van der Waals surface area (Å²) in [7, 11) is -1.53. The van der Waals surface area contributed by atoms with Crippen LogP contribution in [0.25, 0.3) is 10.8 Å².